The van der Waals surface area contributed by atoms with Crippen molar-refractivity contribution < 1.29 is 23.1 Å². The summed E-state index contributed by atoms with van der Waals surface area (Å²) < 4.78 is 35.1. The summed E-state index contributed by atoms with van der Waals surface area (Å²) in [5.74, 6) is -0.212. The zero-order valence-electron chi connectivity index (χ0n) is 17.4. The number of nitrogens with zero attached hydrogens (tertiary/aromatic N) is 2. The van der Waals surface area contributed by atoms with E-state index in [-0.39, 0.29) is 17.4 Å². The first-order valence-electron chi connectivity index (χ1n) is 10.4. The Kier molecular flexibility index (Phi) is 6.02. The second-order valence-corrected chi connectivity index (χ2v) is 9.63. The van der Waals surface area contributed by atoms with Crippen molar-refractivity contribution in [2.45, 2.75) is 37.1 Å². The van der Waals surface area contributed by atoms with Gasteiger partial charge in [-0.1, -0.05) is 18.2 Å². The molecule has 0 bridgehead atoms. The van der Waals surface area contributed by atoms with Crippen molar-refractivity contribution in [3.8, 4) is 5.75 Å². The molecule has 7 nitrogen and oxygen atoms in total. The van der Waals surface area contributed by atoms with Crippen LogP contribution in [0, 0.1) is 0 Å². The Morgan fingerprint density at radius 2 is 1.77 bits per heavy atom. The van der Waals surface area contributed by atoms with Crippen LogP contribution in [-0.4, -0.2) is 48.1 Å². The zero-order chi connectivity index (χ0) is 22.0. The number of piperidine rings is 1. The van der Waals surface area contributed by atoms with E-state index >= 15 is 0 Å². The number of hydrogen-bond acceptors (Lipinski definition) is 4. The lowest BCUT2D eigenvalue weighted by atomic mass is 10.1. The first-order valence-corrected chi connectivity index (χ1v) is 11.9. The Balaban J connectivity index is 1.51. The molecule has 0 amide bonds. The smallest absolute Gasteiger partial charge is 0.307 e. The summed E-state index contributed by atoms with van der Waals surface area (Å²) in [5.41, 5.74) is 1.78. The molecule has 0 atom stereocenters. The predicted octanol–water partition coefficient (Wildman–Crippen LogP) is 3.69. The van der Waals surface area contributed by atoms with Crippen LogP contribution in [0.15, 0.2) is 59.6 Å². The van der Waals surface area contributed by atoms with E-state index < -0.39 is 16.0 Å². The number of sulfonamides is 1. The molecule has 1 aliphatic heterocycles. The summed E-state index contributed by atoms with van der Waals surface area (Å²) in [5, 5.41) is 10.2. The van der Waals surface area contributed by atoms with Crippen molar-refractivity contribution >= 4 is 26.9 Å². The molecule has 1 aromatic heterocycles. The van der Waals surface area contributed by atoms with E-state index in [1.54, 1.807) is 24.3 Å². The van der Waals surface area contributed by atoms with Crippen LogP contribution in [0.2, 0.25) is 0 Å². The summed E-state index contributed by atoms with van der Waals surface area (Å²) in [6, 6.07) is 14.4. The van der Waals surface area contributed by atoms with E-state index in [0.717, 1.165) is 16.5 Å². The van der Waals surface area contributed by atoms with Gasteiger partial charge in [0.05, 0.1) is 17.9 Å². The van der Waals surface area contributed by atoms with Gasteiger partial charge in [0, 0.05) is 36.2 Å². The van der Waals surface area contributed by atoms with Gasteiger partial charge in [0.15, 0.2) is 0 Å². The molecule has 31 heavy (non-hydrogen) atoms. The van der Waals surface area contributed by atoms with Crippen molar-refractivity contribution in [2.75, 3.05) is 19.7 Å². The topological polar surface area (TPSA) is 88.8 Å². The van der Waals surface area contributed by atoms with Crippen LogP contribution in [0.25, 0.3) is 10.9 Å². The number of hydrogen-bond donors (Lipinski definition) is 1. The lowest BCUT2D eigenvalue weighted by Gasteiger charge is -2.32. The van der Waals surface area contributed by atoms with Crippen molar-refractivity contribution in [1.29, 1.82) is 0 Å². The lowest BCUT2D eigenvalue weighted by Crippen LogP contribution is -2.38. The van der Waals surface area contributed by atoms with Crippen LogP contribution < -0.4 is 4.74 Å². The average molecular weight is 443 g/mol. The molecule has 3 aromatic rings. The Morgan fingerprint density at radius 3 is 2.42 bits per heavy atom. The van der Waals surface area contributed by atoms with Crippen molar-refractivity contribution in [1.82, 2.24) is 8.87 Å². The Bertz CT molecular complexity index is 1180. The molecule has 0 radical (unpaired) electrons. The zero-order valence-corrected chi connectivity index (χ0v) is 18.2. The van der Waals surface area contributed by atoms with Crippen LogP contribution >= 0.6 is 0 Å². The van der Waals surface area contributed by atoms with E-state index in [2.05, 4.69) is 4.57 Å². The number of rotatable bonds is 7. The standard InChI is InChI=1S/C23H26N2O5S/c1-2-30-19-7-9-20(10-8-19)31(28,29)24-13-11-18(12-14-24)25-16-17(15-23(26)27)21-5-3-4-6-22(21)25/h3-10,16,18H,2,11-15H2,1H3,(H,26,27). The fourth-order valence-electron chi connectivity index (χ4n) is 4.27. The molecule has 0 aliphatic carbocycles. The highest BCUT2D eigenvalue weighted by Gasteiger charge is 2.30. The van der Waals surface area contributed by atoms with Gasteiger partial charge in [-0.05, 0) is 55.7 Å². The highest BCUT2D eigenvalue weighted by Crippen LogP contribution is 2.32. The SMILES string of the molecule is CCOc1ccc(S(=O)(=O)N2CCC(n3cc(CC(=O)O)c4ccccc43)CC2)cc1. The highest BCUT2D eigenvalue weighted by atomic mass is 32.2. The number of fused-ring (bicyclic) bond motifs is 1. The minimum Gasteiger partial charge on any atom is -0.494 e. The number of aliphatic carboxylic acids is 1. The summed E-state index contributed by atoms with van der Waals surface area (Å²) in [6.07, 6.45) is 3.22. The van der Waals surface area contributed by atoms with Gasteiger partial charge in [-0.25, -0.2) is 8.42 Å². The quantitative estimate of drug-likeness (QED) is 0.603. The largest absolute Gasteiger partial charge is 0.494 e. The average Bonchev–Trinajstić information content (AvgIpc) is 3.12. The van der Waals surface area contributed by atoms with Gasteiger partial charge in [0.25, 0.3) is 0 Å². The molecule has 1 saturated heterocycles. The lowest BCUT2D eigenvalue weighted by molar-refractivity contribution is -0.136. The number of ether oxygens (including phenoxy) is 1. The highest BCUT2D eigenvalue weighted by molar-refractivity contribution is 7.89. The first kappa shape index (κ1) is 21.4. The monoisotopic (exact) mass is 442 g/mol. The third kappa shape index (κ3) is 4.31. The van der Waals surface area contributed by atoms with Gasteiger partial charge in [-0.3, -0.25) is 4.79 Å². The van der Waals surface area contributed by atoms with Crippen LogP contribution in [0.5, 0.6) is 5.75 Å². The van der Waals surface area contributed by atoms with E-state index in [4.69, 9.17) is 4.74 Å². The number of carbonyl (C=O) groups is 1. The molecule has 2 aromatic carbocycles. The molecule has 0 unspecified atom stereocenters. The van der Waals surface area contributed by atoms with E-state index in [0.29, 0.717) is 38.3 Å². The Morgan fingerprint density at radius 1 is 1.10 bits per heavy atom. The van der Waals surface area contributed by atoms with Gasteiger partial charge in [-0.2, -0.15) is 4.31 Å². The van der Waals surface area contributed by atoms with Gasteiger partial charge in [0.2, 0.25) is 10.0 Å². The van der Waals surface area contributed by atoms with Gasteiger partial charge >= 0.3 is 5.97 Å². The van der Waals surface area contributed by atoms with Crippen LogP contribution in [-0.2, 0) is 21.2 Å². The van der Waals surface area contributed by atoms with Crippen LogP contribution in [0.1, 0.15) is 31.4 Å². The molecular formula is C23H26N2O5S. The molecule has 164 valence electrons. The number of carboxylic acids is 1. The molecular weight excluding hydrogens is 416 g/mol. The predicted molar refractivity (Wildman–Crippen MR) is 118 cm³/mol. The Hall–Kier alpha value is -2.84. The summed E-state index contributed by atoms with van der Waals surface area (Å²) in [6.45, 7) is 3.25. The summed E-state index contributed by atoms with van der Waals surface area (Å²) >= 11 is 0. The molecule has 1 fully saturated rings. The Labute approximate surface area is 181 Å². The second kappa shape index (κ2) is 8.72. The maximum atomic E-state index is 13.1. The molecule has 0 spiro atoms. The van der Waals surface area contributed by atoms with Gasteiger partial charge in [-0.15, -0.1) is 0 Å². The molecule has 1 N–H and O–H groups in total. The van der Waals surface area contributed by atoms with E-state index in [9.17, 15) is 18.3 Å². The van der Waals surface area contributed by atoms with Crippen molar-refractivity contribution in [3.05, 3.63) is 60.3 Å². The number of aromatic nitrogens is 1. The minimum absolute atomic E-state index is 0.0293. The second-order valence-electron chi connectivity index (χ2n) is 7.69. The van der Waals surface area contributed by atoms with Crippen molar-refractivity contribution in [2.24, 2.45) is 0 Å². The fourth-order valence-corrected chi connectivity index (χ4v) is 5.74. The third-order valence-corrected chi connectivity index (χ3v) is 7.67. The number of carboxylic acid groups (broad SMARTS) is 1. The molecule has 8 heteroatoms. The maximum Gasteiger partial charge on any atom is 0.307 e. The summed E-state index contributed by atoms with van der Waals surface area (Å²) in [4.78, 5) is 11.5. The normalized spacial score (nSPS) is 15.9. The number of para-hydroxylation sites is 1. The van der Waals surface area contributed by atoms with Gasteiger partial charge < -0.3 is 14.4 Å². The van der Waals surface area contributed by atoms with Crippen molar-refractivity contribution in [3.63, 3.8) is 0 Å². The van der Waals surface area contributed by atoms with Crippen LogP contribution in [0.4, 0.5) is 0 Å². The van der Waals surface area contributed by atoms with E-state index in [1.165, 1.54) is 4.31 Å². The molecule has 0 saturated carbocycles. The molecule has 4 rings (SSSR count). The minimum atomic E-state index is -3.56. The first-order chi connectivity index (χ1) is 14.9. The number of benzene rings is 2. The van der Waals surface area contributed by atoms with Gasteiger partial charge in [0.1, 0.15) is 5.75 Å². The third-order valence-electron chi connectivity index (χ3n) is 5.75. The fraction of sp³-hybridized carbons (Fsp3) is 0.348. The van der Waals surface area contributed by atoms with E-state index in [1.807, 2.05) is 37.4 Å². The van der Waals surface area contributed by atoms with Crippen LogP contribution in [0.3, 0.4) is 0 Å². The summed E-state index contributed by atoms with van der Waals surface area (Å²) in [7, 11) is -3.56. The molecule has 2 heterocycles. The molecule has 1 aliphatic rings. The maximum absolute atomic E-state index is 13.1.